The Morgan fingerprint density at radius 1 is 1.25 bits per heavy atom. The van der Waals surface area contributed by atoms with Gasteiger partial charge in [0.1, 0.15) is 0 Å². The Hall–Kier alpha value is -1.80. The monoisotopic (exact) mass is 400 g/mol. The second-order valence-electron chi connectivity index (χ2n) is 6.96. The van der Waals surface area contributed by atoms with E-state index in [0.717, 1.165) is 75.8 Å². The molecule has 0 amide bonds. The molecule has 2 N–H and O–H groups in total. The van der Waals surface area contributed by atoms with E-state index in [1.807, 2.05) is 6.92 Å². The summed E-state index contributed by atoms with van der Waals surface area (Å²) in [5.41, 5.74) is 0.291. The highest BCUT2D eigenvalue weighted by Crippen LogP contribution is 2.29. The SMILES string of the molecule is CCOCCCCNC(=NC)NC1CCN(Cc2ccc(C(F)(F)F)cc2)C1. The number of unbranched alkanes of at least 4 members (excludes halogenated alkanes) is 1. The summed E-state index contributed by atoms with van der Waals surface area (Å²) in [7, 11) is 1.75. The first-order chi connectivity index (χ1) is 13.4. The molecule has 5 nitrogen and oxygen atoms in total. The number of aliphatic imine (C=N–C) groups is 1. The molecule has 0 saturated carbocycles. The summed E-state index contributed by atoms with van der Waals surface area (Å²) >= 11 is 0. The Morgan fingerprint density at radius 2 is 2.00 bits per heavy atom. The summed E-state index contributed by atoms with van der Waals surface area (Å²) in [6.45, 7) is 6.77. The van der Waals surface area contributed by atoms with Crippen molar-refractivity contribution in [3.8, 4) is 0 Å². The van der Waals surface area contributed by atoms with Crippen molar-refractivity contribution in [1.29, 1.82) is 0 Å². The molecule has 28 heavy (non-hydrogen) atoms. The van der Waals surface area contributed by atoms with Crippen molar-refractivity contribution in [1.82, 2.24) is 15.5 Å². The molecule has 1 unspecified atom stereocenters. The van der Waals surface area contributed by atoms with Crippen LogP contribution >= 0.6 is 0 Å². The number of hydrogen-bond acceptors (Lipinski definition) is 3. The molecule has 0 radical (unpaired) electrons. The molecule has 0 bridgehead atoms. The van der Waals surface area contributed by atoms with Crippen molar-refractivity contribution >= 4 is 5.96 Å². The van der Waals surface area contributed by atoms with E-state index in [2.05, 4.69) is 20.5 Å². The van der Waals surface area contributed by atoms with E-state index in [4.69, 9.17) is 4.74 Å². The minimum absolute atomic E-state index is 0.282. The van der Waals surface area contributed by atoms with E-state index in [9.17, 15) is 13.2 Å². The van der Waals surface area contributed by atoms with Crippen molar-refractivity contribution < 1.29 is 17.9 Å². The molecule has 0 aliphatic carbocycles. The van der Waals surface area contributed by atoms with Crippen LogP contribution in [0.4, 0.5) is 13.2 Å². The number of rotatable bonds is 9. The molecule has 2 rings (SSSR count). The summed E-state index contributed by atoms with van der Waals surface area (Å²) in [5.74, 6) is 0.790. The van der Waals surface area contributed by atoms with Crippen LogP contribution in [0.2, 0.25) is 0 Å². The minimum atomic E-state index is -4.28. The van der Waals surface area contributed by atoms with Gasteiger partial charge in [-0.05, 0) is 43.9 Å². The number of ether oxygens (including phenoxy) is 1. The van der Waals surface area contributed by atoms with E-state index < -0.39 is 11.7 Å². The van der Waals surface area contributed by atoms with Gasteiger partial charge in [0.2, 0.25) is 0 Å². The van der Waals surface area contributed by atoms with Gasteiger partial charge in [-0.2, -0.15) is 13.2 Å². The lowest BCUT2D eigenvalue weighted by Crippen LogP contribution is -2.44. The molecule has 1 aliphatic heterocycles. The van der Waals surface area contributed by atoms with E-state index >= 15 is 0 Å². The molecule has 1 aromatic carbocycles. The van der Waals surface area contributed by atoms with Crippen LogP contribution in [0.5, 0.6) is 0 Å². The molecule has 1 aliphatic rings. The van der Waals surface area contributed by atoms with Gasteiger partial charge in [-0.3, -0.25) is 9.89 Å². The fourth-order valence-corrected chi connectivity index (χ4v) is 3.22. The van der Waals surface area contributed by atoms with Crippen molar-refractivity contribution in [3.63, 3.8) is 0 Å². The van der Waals surface area contributed by atoms with Gasteiger partial charge in [-0.25, -0.2) is 0 Å². The highest BCUT2D eigenvalue weighted by atomic mass is 19.4. The van der Waals surface area contributed by atoms with Crippen molar-refractivity contribution in [2.24, 2.45) is 4.99 Å². The average Bonchev–Trinajstić information content (AvgIpc) is 3.10. The molecule has 1 fully saturated rings. The first-order valence-corrected chi connectivity index (χ1v) is 9.85. The summed E-state index contributed by atoms with van der Waals surface area (Å²) < 4.78 is 43.3. The fourth-order valence-electron chi connectivity index (χ4n) is 3.22. The van der Waals surface area contributed by atoms with Crippen molar-refractivity contribution in [2.75, 3.05) is 39.9 Å². The van der Waals surface area contributed by atoms with Gasteiger partial charge in [-0.1, -0.05) is 12.1 Å². The number of halogens is 3. The van der Waals surface area contributed by atoms with E-state index in [1.165, 1.54) is 0 Å². The number of likely N-dealkylation sites (tertiary alicyclic amines) is 1. The summed E-state index contributed by atoms with van der Waals surface area (Å²) in [5, 5.41) is 6.75. The zero-order chi connectivity index (χ0) is 20.4. The molecular weight excluding hydrogens is 369 g/mol. The van der Waals surface area contributed by atoms with Crippen LogP contribution in [-0.4, -0.2) is 56.8 Å². The van der Waals surface area contributed by atoms with Gasteiger partial charge in [0.25, 0.3) is 0 Å². The Labute approximate surface area is 165 Å². The lowest BCUT2D eigenvalue weighted by Gasteiger charge is -2.19. The van der Waals surface area contributed by atoms with Crippen LogP contribution in [0.1, 0.15) is 37.3 Å². The lowest BCUT2D eigenvalue weighted by atomic mass is 10.1. The first-order valence-electron chi connectivity index (χ1n) is 9.85. The van der Waals surface area contributed by atoms with E-state index in [1.54, 1.807) is 19.2 Å². The number of nitrogens with zero attached hydrogens (tertiary/aromatic N) is 2. The number of benzene rings is 1. The average molecular weight is 400 g/mol. The second-order valence-corrected chi connectivity index (χ2v) is 6.96. The van der Waals surface area contributed by atoms with Crippen molar-refractivity contribution in [2.45, 2.75) is 44.9 Å². The third kappa shape index (κ3) is 7.67. The number of guanidine groups is 1. The molecule has 1 atom stereocenters. The van der Waals surface area contributed by atoms with Crippen LogP contribution in [0, 0.1) is 0 Å². The Morgan fingerprint density at radius 3 is 2.64 bits per heavy atom. The number of nitrogens with one attached hydrogen (secondary N) is 2. The maximum Gasteiger partial charge on any atom is 0.416 e. The van der Waals surface area contributed by atoms with Crippen LogP contribution in [0.15, 0.2) is 29.3 Å². The third-order valence-corrected chi connectivity index (χ3v) is 4.74. The number of alkyl halides is 3. The summed E-state index contributed by atoms with van der Waals surface area (Å²) in [6.07, 6.45) is -1.27. The maximum absolute atomic E-state index is 12.7. The van der Waals surface area contributed by atoms with Gasteiger partial charge in [0, 0.05) is 52.5 Å². The van der Waals surface area contributed by atoms with Crippen molar-refractivity contribution in [3.05, 3.63) is 35.4 Å². The van der Waals surface area contributed by atoms with Gasteiger partial charge in [0.05, 0.1) is 5.56 Å². The van der Waals surface area contributed by atoms with Crippen LogP contribution in [-0.2, 0) is 17.5 Å². The highest BCUT2D eigenvalue weighted by Gasteiger charge is 2.30. The molecule has 158 valence electrons. The molecule has 0 aromatic heterocycles. The van der Waals surface area contributed by atoms with Gasteiger partial charge >= 0.3 is 6.18 Å². The van der Waals surface area contributed by atoms with Gasteiger partial charge in [-0.15, -0.1) is 0 Å². The first kappa shape index (κ1) is 22.5. The predicted molar refractivity (Wildman–Crippen MR) is 105 cm³/mol. The zero-order valence-corrected chi connectivity index (χ0v) is 16.7. The molecule has 1 aromatic rings. The minimum Gasteiger partial charge on any atom is -0.382 e. The lowest BCUT2D eigenvalue weighted by molar-refractivity contribution is -0.137. The summed E-state index contributed by atoms with van der Waals surface area (Å²) in [6, 6.07) is 5.71. The zero-order valence-electron chi connectivity index (χ0n) is 16.7. The maximum atomic E-state index is 12.7. The highest BCUT2D eigenvalue weighted by molar-refractivity contribution is 5.79. The second kappa shape index (κ2) is 11.3. The molecule has 1 saturated heterocycles. The Bertz CT molecular complexity index is 604. The molecule has 8 heteroatoms. The van der Waals surface area contributed by atoms with Crippen LogP contribution < -0.4 is 10.6 Å². The van der Waals surface area contributed by atoms with E-state index in [0.29, 0.717) is 6.54 Å². The smallest absolute Gasteiger partial charge is 0.382 e. The van der Waals surface area contributed by atoms with Gasteiger partial charge in [0.15, 0.2) is 5.96 Å². The van der Waals surface area contributed by atoms with Crippen LogP contribution in [0.25, 0.3) is 0 Å². The number of hydrogen-bond donors (Lipinski definition) is 2. The standard InChI is InChI=1S/C20H31F3N4O/c1-3-28-13-5-4-11-25-19(24-2)26-18-10-12-27(15-18)14-16-6-8-17(9-7-16)20(21,22)23/h6-9,18H,3-5,10-15H2,1-2H3,(H2,24,25,26). The quantitative estimate of drug-likeness (QED) is 0.380. The molecule has 1 heterocycles. The molecular formula is C20H31F3N4O. The fraction of sp³-hybridized carbons (Fsp3) is 0.650. The van der Waals surface area contributed by atoms with E-state index in [-0.39, 0.29) is 6.04 Å². The third-order valence-electron chi connectivity index (χ3n) is 4.74. The van der Waals surface area contributed by atoms with Gasteiger partial charge < -0.3 is 15.4 Å². The Balaban J connectivity index is 1.71. The normalized spacial score (nSPS) is 18.5. The predicted octanol–water partition coefficient (Wildman–Crippen LogP) is 3.26. The largest absolute Gasteiger partial charge is 0.416 e. The molecule has 0 spiro atoms. The topological polar surface area (TPSA) is 48.9 Å². The van der Waals surface area contributed by atoms with Crippen LogP contribution in [0.3, 0.4) is 0 Å². The Kier molecular flexibility index (Phi) is 9.05. The summed E-state index contributed by atoms with van der Waals surface area (Å²) in [4.78, 5) is 6.51.